The molecular formula is C12H18N4OS. The van der Waals surface area contributed by atoms with E-state index in [0.29, 0.717) is 5.69 Å². The second kappa shape index (κ2) is 6.61. The Morgan fingerprint density at radius 1 is 1.50 bits per heavy atom. The van der Waals surface area contributed by atoms with E-state index in [0.717, 1.165) is 25.2 Å². The molecule has 0 saturated carbocycles. The normalized spacial score (nSPS) is 18.6. The van der Waals surface area contributed by atoms with Crippen molar-refractivity contribution >= 4 is 17.6 Å². The Kier molecular flexibility index (Phi) is 4.83. The maximum atomic E-state index is 8.77. The van der Waals surface area contributed by atoms with Crippen LogP contribution in [0.15, 0.2) is 23.5 Å². The van der Waals surface area contributed by atoms with Crippen LogP contribution in [-0.4, -0.2) is 45.5 Å². The molecule has 2 rings (SSSR count). The molecule has 1 aliphatic rings. The van der Waals surface area contributed by atoms with Crippen LogP contribution in [0, 0.1) is 0 Å². The summed E-state index contributed by atoms with van der Waals surface area (Å²) >= 11 is 2.00. The number of oxime groups is 1. The van der Waals surface area contributed by atoms with Crippen molar-refractivity contribution in [2.24, 2.45) is 10.9 Å². The van der Waals surface area contributed by atoms with Gasteiger partial charge in [-0.05, 0) is 30.3 Å². The summed E-state index contributed by atoms with van der Waals surface area (Å²) in [5, 5.41) is 11.8. The molecule has 5 nitrogen and oxygen atoms in total. The zero-order valence-corrected chi connectivity index (χ0v) is 11.1. The first-order valence-electron chi connectivity index (χ1n) is 6.03. The van der Waals surface area contributed by atoms with E-state index >= 15 is 0 Å². The molecule has 0 aromatic carbocycles. The summed E-state index contributed by atoms with van der Waals surface area (Å²) in [4.78, 5) is 6.58. The molecule has 1 aromatic heterocycles. The van der Waals surface area contributed by atoms with Gasteiger partial charge in [-0.1, -0.05) is 11.2 Å². The molecule has 0 amide bonds. The Bertz CT molecular complexity index is 416. The zero-order chi connectivity index (χ0) is 12.8. The fourth-order valence-corrected chi connectivity index (χ4v) is 2.97. The molecule has 0 radical (unpaired) electrons. The first-order chi connectivity index (χ1) is 8.81. The molecule has 1 fully saturated rings. The molecular weight excluding hydrogens is 248 g/mol. The van der Waals surface area contributed by atoms with Crippen molar-refractivity contribution in [3.05, 3.63) is 29.6 Å². The highest BCUT2D eigenvalue weighted by Crippen LogP contribution is 2.14. The van der Waals surface area contributed by atoms with Gasteiger partial charge in [-0.15, -0.1) is 0 Å². The molecule has 98 valence electrons. The number of nitrogens with zero attached hydrogens (tertiary/aromatic N) is 3. The van der Waals surface area contributed by atoms with E-state index in [1.54, 1.807) is 6.20 Å². The van der Waals surface area contributed by atoms with Crippen LogP contribution in [0.25, 0.3) is 0 Å². The second-order valence-corrected chi connectivity index (χ2v) is 5.46. The largest absolute Gasteiger partial charge is 0.409 e. The third-order valence-electron chi connectivity index (χ3n) is 2.95. The van der Waals surface area contributed by atoms with Crippen molar-refractivity contribution in [2.45, 2.75) is 13.0 Å². The quantitative estimate of drug-likeness (QED) is 0.371. The first-order valence-corrected chi connectivity index (χ1v) is 7.18. The van der Waals surface area contributed by atoms with Gasteiger partial charge in [0.15, 0.2) is 5.84 Å². The molecule has 6 heteroatoms. The van der Waals surface area contributed by atoms with Gasteiger partial charge in [-0.3, -0.25) is 9.88 Å². The van der Waals surface area contributed by atoms with Gasteiger partial charge >= 0.3 is 0 Å². The summed E-state index contributed by atoms with van der Waals surface area (Å²) in [5.41, 5.74) is 7.24. The molecule has 0 atom stereocenters. The number of thioether (sulfide) groups is 1. The Balaban J connectivity index is 2.12. The Labute approximate surface area is 111 Å². The fraction of sp³-hybridized carbons (Fsp3) is 0.500. The van der Waals surface area contributed by atoms with Gasteiger partial charge in [0.1, 0.15) is 5.69 Å². The lowest BCUT2D eigenvalue weighted by molar-refractivity contribution is 0.286. The predicted octanol–water partition coefficient (Wildman–Crippen LogP) is 1.11. The van der Waals surface area contributed by atoms with Crippen LogP contribution < -0.4 is 5.73 Å². The van der Waals surface area contributed by atoms with E-state index in [9.17, 15) is 0 Å². The zero-order valence-electron chi connectivity index (χ0n) is 10.2. The van der Waals surface area contributed by atoms with Crippen LogP contribution in [0.1, 0.15) is 17.7 Å². The van der Waals surface area contributed by atoms with Gasteiger partial charge in [0.2, 0.25) is 0 Å². The number of nitrogens with two attached hydrogens (primary N) is 1. The van der Waals surface area contributed by atoms with Crippen molar-refractivity contribution in [3.63, 3.8) is 0 Å². The Morgan fingerprint density at radius 3 is 3.22 bits per heavy atom. The smallest absolute Gasteiger partial charge is 0.189 e. The summed E-state index contributed by atoms with van der Waals surface area (Å²) in [5.74, 6) is 2.48. The third-order valence-corrected chi connectivity index (χ3v) is 4.00. The summed E-state index contributed by atoms with van der Waals surface area (Å²) in [6.45, 7) is 2.98. The average Bonchev–Trinajstić information content (AvgIpc) is 2.67. The molecule has 1 aliphatic heterocycles. The lowest BCUT2D eigenvalue weighted by Gasteiger charge is -2.20. The van der Waals surface area contributed by atoms with Crippen LogP contribution in [0.4, 0.5) is 0 Å². The highest BCUT2D eigenvalue weighted by Gasteiger charge is 2.14. The van der Waals surface area contributed by atoms with Crippen LogP contribution >= 0.6 is 11.8 Å². The van der Waals surface area contributed by atoms with E-state index in [4.69, 9.17) is 10.9 Å². The van der Waals surface area contributed by atoms with Gasteiger partial charge in [0.05, 0.1) is 0 Å². The molecule has 1 saturated heterocycles. The highest BCUT2D eigenvalue weighted by atomic mass is 32.2. The van der Waals surface area contributed by atoms with Crippen molar-refractivity contribution < 1.29 is 5.21 Å². The summed E-state index contributed by atoms with van der Waals surface area (Å²) < 4.78 is 0. The summed E-state index contributed by atoms with van der Waals surface area (Å²) in [7, 11) is 0. The van der Waals surface area contributed by atoms with E-state index in [1.807, 2.05) is 23.9 Å². The maximum absolute atomic E-state index is 8.77. The highest BCUT2D eigenvalue weighted by molar-refractivity contribution is 7.99. The average molecular weight is 266 g/mol. The van der Waals surface area contributed by atoms with Crippen LogP contribution in [0.3, 0.4) is 0 Å². The Hall–Kier alpha value is -1.27. The van der Waals surface area contributed by atoms with Gasteiger partial charge in [0, 0.05) is 25.0 Å². The topological polar surface area (TPSA) is 74.7 Å². The number of pyridine rings is 1. The van der Waals surface area contributed by atoms with Gasteiger partial charge in [-0.2, -0.15) is 11.8 Å². The molecule has 1 aromatic rings. The molecule has 0 aliphatic carbocycles. The monoisotopic (exact) mass is 266 g/mol. The summed E-state index contributed by atoms with van der Waals surface area (Å²) in [6.07, 6.45) is 2.87. The van der Waals surface area contributed by atoms with Crippen molar-refractivity contribution in [1.82, 2.24) is 9.88 Å². The molecule has 3 N–H and O–H groups in total. The number of rotatable bonds is 3. The van der Waals surface area contributed by atoms with Gasteiger partial charge < -0.3 is 10.9 Å². The van der Waals surface area contributed by atoms with Crippen molar-refractivity contribution in [1.29, 1.82) is 0 Å². The number of hydrogen-bond donors (Lipinski definition) is 2. The van der Waals surface area contributed by atoms with E-state index in [2.05, 4.69) is 15.0 Å². The maximum Gasteiger partial charge on any atom is 0.189 e. The minimum atomic E-state index is 0.0785. The first kappa shape index (κ1) is 13.2. The molecule has 18 heavy (non-hydrogen) atoms. The molecule has 0 bridgehead atoms. The fourth-order valence-electron chi connectivity index (χ4n) is 2.04. The van der Waals surface area contributed by atoms with Crippen LogP contribution in [0.5, 0.6) is 0 Å². The predicted molar refractivity (Wildman–Crippen MR) is 74.0 cm³/mol. The lowest BCUT2D eigenvalue weighted by Crippen LogP contribution is -2.27. The van der Waals surface area contributed by atoms with Gasteiger partial charge in [0.25, 0.3) is 0 Å². The number of aromatic nitrogens is 1. The van der Waals surface area contributed by atoms with Gasteiger partial charge in [-0.25, -0.2) is 0 Å². The Morgan fingerprint density at radius 2 is 2.39 bits per heavy atom. The van der Waals surface area contributed by atoms with Crippen LogP contribution in [-0.2, 0) is 6.54 Å². The van der Waals surface area contributed by atoms with E-state index < -0.39 is 0 Å². The minimum absolute atomic E-state index is 0.0785. The van der Waals surface area contributed by atoms with Crippen molar-refractivity contribution in [3.8, 4) is 0 Å². The summed E-state index contributed by atoms with van der Waals surface area (Å²) in [6, 6.07) is 3.87. The van der Waals surface area contributed by atoms with E-state index in [-0.39, 0.29) is 5.84 Å². The van der Waals surface area contributed by atoms with Crippen molar-refractivity contribution in [2.75, 3.05) is 24.6 Å². The number of hydrogen-bond acceptors (Lipinski definition) is 5. The number of amidine groups is 1. The van der Waals surface area contributed by atoms with E-state index in [1.165, 1.54) is 17.9 Å². The molecule has 2 heterocycles. The molecule has 0 unspecified atom stereocenters. The molecule has 0 spiro atoms. The minimum Gasteiger partial charge on any atom is -0.409 e. The van der Waals surface area contributed by atoms with Crippen LogP contribution in [0.2, 0.25) is 0 Å². The second-order valence-electron chi connectivity index (χ2n) is 4.24. The SMILES string of the molecule is NC(=NO)c1ncccc1CN1CCCSCC1. The standard InChI is InChI=1S/C12H18N4OS/c13-12(15-17)11-10(3-1-4-14-11)9-16-5-2-7-18-8-6-16/h1,3-4,17H,2,5-9H2,(H2,13,15). The third kappa shape index (κ3) is 3.36. The lowest BCUT2D eigenvalue weighted by atomic mass is 10.1.